The summed E-state index contributed by atoms with van der Waals surface area (Å²) in [6, 6.07) is 5.52. The van der Waals surface area contributed by atoms with E-state index in [0.717, 1.165) is 15.6 Å². The van der Waals surface area contributed by atoms with Crippen LogP contribution in [0.5, 0.6) is 0 Å². The van der Waals surface area contributed by atoms with Gasteiger partial charge in [0.2, 0.25) is 0 Å². The monoisotopic (exact) mass is 307 g/mol. The number of carbonyl (C=O) groups is 1. The minimum absolute atomic E-state index is 0.0744. The van der Waals surface area contributed by atoms with E-state index in [1.165, 1.54) is 0 Å². The number of rotatable bonds is 3. The van der Waals surface area contributed by atoms with E-state index in [9.17, 15) is 4.79 Å². The SMILES string of the molecule is Cc1c(Br)cccc1C(=O)NC(C)c1cn[nH]c1. The number of nitrogens with zero attached hydrogens (tertiary/aromatic N) is 1. The second-order valence-corrected chi connectivity index (χ2v) is 4.99. The lowest BCUT2D eigenvalue weighted by atomic mass is 10.1. The minimum atomic E-state index is -0.0810. The Balaban J connectivity index is 2.15. The van der Waals surface area contributed by atoms with E-state index in [0.29, 0.717) is 5.56 Å². The van der Waals surface area contributed by atoms with Crippen molar-refractivity contribution >= 4 is 21.8 Å². The van der Waals surface area contributed by atoms with Gasteiger partial charge in [-0.25, -0.2) is 0 Å². The highest BCUT2D eigenvalue weighted by atomic mass is 79.9. The summed E-state index contributed by atoms with van der Waals surface area (Å²) >= 11 is 3.42. The van der Waals surface area contributed by atoms with Crippen molar-refractivity contribution in [2.45, 2.75) is 19.9 Å². The van der Waals surface area contributed by atoms with Gasteiger partial charge in [-0.3, -0.25) is 9.89 Å². The van der Waals surface area contributed by atoms with E-state index in [4.69, 9.17) is 0 Å². The Morgan fingerprint density at radius 3 is 2.94 bits per heavy atom. The zero-order valence-corrected chi connectivity index (χ0v) is 11.8. The quantitative estimate of drug-likeness (QED) is 0.916. The third-order valence-electron chi connectivity index (χ3n) is 2.88. The number of aromatic amines is 1. The van der Waals surface area contributed by atoms with Gasteiger partial charge < -0.3 is 5.32 Å². The maximum Gasteiger partial charge on any atom is 0.252 e. The van der Waals surface area contributed by atoms with Crippen LogP contribution in [0.2, 0.25) is 0 Å². The lowest BCUT2D eigenvalue weighted by Crippen LogP contribution is -2.27. The normalized spacial score (nSPS) is 12.2. The maximum atomic E-state index is 12.2. The van der Waals surface area contributed by atoms with E-state index in [1.54, 1.807) is 12.4 Å². The first-order valence-corrected chi connectivity index (χ1v) is 6.43. The number of halogens is 1. The van der Waals surface area contributed by atoms with Gasteiger partial charge in [-0.15, -0.1) is 0 Å². The molecule has 2 N–H and O–H groups in total. The molecule has 5 heteroatoms. The van der Waals surface area contributed by atoms with Crippen molar-refractivity contribution in [1.82, 2.24) is 15.5 Å². The maximum absolute atomic E-state index is 12.2. The molecule has 0 saturated heterocycles. The van der Waals surface area contributed by atoms with E-state index in [2.05, 4.69) is 31.4 Å². The Kier molecular flexibility index (Phi) is 3.81. The average Bonchev–Trinajstić information content (AvgIpc) is 2.86. The highest BCUT2D eigenvalue weighted by molar-refractivity contribution is 9.10. The number of hydrogen-bond acceptors (Lipinski definition) is 2. The largest absolute Gasteiger partial charge is 0.345 e. The fourth-order valence-corrected chi connectivity index (χ4v) is 2.08. The molecule has 0 spiro atoms. The summed E-state index contributed by atoms with van der Waals surface area (Å²) < 4.78 is 0.936. The molecule has 2 rings (SSSR count). The Morgan fingerprint density at radius 1 is 1.50 bits per heavy atom. The molecule has 1 amide bonds. The number of carbonyl (C=O) groups excluding carboxylic acids is 1. The number of benzene rings is 1. The molecule has 1 unspecified atom stereocenters. The number of nitrogens with one attached hydrogen (secondary N) is 2. The third-order valence-corrected chi connectivity index (χ3v) is 3.74. The molecule has 1 aromatic carbocycles. The van der Waals surface area contributed by atoms with Crippen molar-refractivity contribution in [3.05, 3.63) is 51.8 Å². The van der Waals surface area contributed by atoms with Crippen molar-refractivity contribution in [2.75, 3.05) is 0 Å². The lowest BCUT2D eigenvalue weighted by molar-refractivity contribution is 0.0939. The van der Waals surface area contributed by atoms with E-state index in [1.807, 2.05) is 32.0 Å². The van der Waals surface area contributed by atoms with Gasteiger partial charge in [-0.05, 0) is 31.5 Å². The molecule has 94 valence electrons. The number of amides is 1. The first kappa shape index (κ1) is 12.8. The van der Waals surface area contributed by atoms with E-state index in [-0.39, 0.29) is 11.9 Å². The average molecular weight is 308 g/mol. The molecule has 1 heterocycles. The van der Waals surface area contributed by atoms with Gasteiger partial charge in [0.25, 0.3) is 5.91 Å². The van der Waals surface area contributed by atoms with Crippen LogP contribution in [0, 0.1) is 6.92 Å². The Bertz CT molecular complexity index is 551. The fourth-order valence-electron chi connectivity index (χ4n) is 1.71. The molecular weight excluding hydrogens is 294 g/mol. The Morgan fingerprint density at radius 2 is 2.28 bits per heavy atom. The summed E-state index contributed by atoms with van der Waals surface area (Å²) in [6.45, 7) is 3.84. The van der Waals surface area contributed by atoms with Crippen LogP contribution in [0.3, 0.4) is 0 Å². The van der Waals surface area contributed by atoms with Crippen LogP contribution in [-0.2, 0) is 0 Å². The topological polar surface area (TPSA) is 57.8 Å². The molecular formula is C13H14BrN3O. The predicted molar refractivity (Wildman–Crippen MR) is 73.3 cm³/mol. The molecule has 0 bridgehead atoms. The van der Waals surface area contributed by atoms with Crippen LogP contribution in [0.1, 0.15) is 34.5 Å². The zero-order chi connectivity index (χ0) is 13.1. The summed E-state index contributed by atoms with van der Waals surface area (Å²) in [5.74, 6) is -0.0810. The van der Waals surface area contributed by atoms with Crippen molar-refractivity contribution in [3.8, 4) is 0 Å². The molecule has 4 nitrogen and oxygen atoms in total. The summed E-state index contributed by atoms with van der Waals surface area (Å²) in [5.41, 5.74) is 2.57. The summed E-state index contributed by atoms with van der Waals surface area (Å²) in [4.78, 5) is 12.2. The smallest absolute Gasteiger partial charge is 0.252 e. The molecule has 0 aliphatic heterocycles. The molecule has 0 saturated carbocycles. The van der Waals surface area contributed by atoms with Gasteiger partial charge >= 0.3 is 0 Å². The molecule has 0 fully saturated rings. The van der Waals surface area contributed by atoms with Crippen LogP contribution in [0.25, 0.3) is 0 Å². The van der Waals surface area contributed by atoms with Crippen molar-refractivity contribution < 1.29 is 4.79 Å². The standard InChI is InChI=1S/C13H14BrN3O/c1-8-11(4-3-5-12(8)14)13(18)17-9(2)10-6-15-16-7-10/h3-7,9H,1-2H3,(H,15,16)(H,17,18). The van der Waals surface area contributed by atoms with Gasteiger partial charge in [0.05, 0.1) is 12.2 Å². The van der Waals surface area contributed by atoms with Crippen LogP contribution in [0.15, 0.2) is 35.1 Å². The lowest BCUT2D eigenvalue weighted by Gasteiger charge is -2.13. The summed E-state index contributed by atoms with van der Waals surface area (Å²) in [5, 5.41) is 9.55. The van der Waals surface area contributed by atoms with Gasteiger partial charge in [0.15, 0.2) is 0 Å². The van der Waals surface area contributed by atoms with Gasteiger partial charge in [0, 0.05) is 21.8 Å². The molecule has 1 atom stereocenters. The number of hydrogen-bond donors (Lipinski definition) is 2. The summed E-state index contributed by atoms with van der Waals surface area (Å²) in [6.07, 6.45) is 3.48. The van der Waals surface area contributed by atoms with E-state index >= 15 is 0 Å². The highest BCUT2D eigenvalue weighted by Crippen LogP contribution is 2.20. The van der Waals surface area contributed by atoms with Crippen molar-refractivity contribution in [2.24, 2.45) is 0 Å². The predicted octanol–water partition coefficient (Wildman–Crippen LogP) is 2.97. The molecule has 2 aromatic rings. The second-order valence-electron chi connectivity index (χ2n) is 4.14. The van der Waals surface area contributed by atoms with Crippen LogP contribution < -0.4 is 5.32 Å². The molecule has 0 radical (unpaired) electrons. The van der Waals surface area contributed by atoms with Gasteiger partial charge in [0.1, 0.15) is 0 Å². The first-order valence-electron chi connectivity index (χ1n) is 5.64. The van der Waals surface area contributed by atoms with Crippen molar-refractivity contribution in [3.63, 3.8) is 0 Å². The van der Waals surface area contributed by atoms with E-state index < -0.39 is 0 Å². The van der Waals surface area contributed by atoms with Crippen molar-refractivity contribution in [1.29, 1.82) is 0 Å². The second kappa shape index (κ2) is 5.35. The number of H-pyrrole nitrogens is 1. The highest BCUT2D eigenvalue weighted by Gasteiger charge is 2.14. The van der Waals surface area contributed by atoms with Gasteiger partial charge in [-0.1, -0.05) is 22.0 Å². The minimum Gasteiger partial charge on any atom is -0.345 e. The first-order chi connectivity index (χ1) is 8.59. The Hall–Kier alpha value is -1.62. The summed E-state index contributed by atoms with van der Waals surface area (Å²) in [7, 11) is 0. The molecule has 18 heavy (non-hydrogen) atoms. The Labute approximate surface area is 114 Å². The van der Waals surface area contributed by atoms with Crippen LogP contribution >= 0.6 is 15.9 Å². The number of aromatic nitrogens is 2. The molecule has 0 aliphatic carbocycles. The fraction of sp³-hybridized carbons (Fsp3) is 0.231. The molecule has 1 aromatic heterocycles. The van der Waals surface area contributed by atoms with Gasteiger partial charge in [-0.2, -0.15) is 5.10 Å². The zero-order valence-electron chi connectivity index (χ0n) is 10.2. The molecule has 0 aliphatic rings. The van der Waals surface area contributed by atoms with Crippen LogP contribution in [-0.4, -0.2) is 16.1 Å². The third kappa shape index (κ3) is 2.61. The van der Waals surface area contributed by atoms with Crippen LogP contribution in [0.4, 0.5) is 0 Å².